The Bertz CT molecular complexity index is 922. The van der Waals surface area contributed by atoms with E-state index in [9.17, 15) is 4.39 Å². The van der Waals surface area contributed by atoms with Crippen LogP contribution < -0.4 is 4.74 Å². The summed E-state index contributed by atoms with van der Waals surface area (Å²) >= 11 is 0. The zero-order valence-electron chi connectivity index (χ0n) is 16.3. The van der Waals surface area contributed by atoms with E-state index in [0.29, 0.717) is 0 Å². The Morgan fingerprint density at radius 2 is 1.85 bits per heavy atom. The Balaban J connectivity index is 1.93. The van der Waals surface area contributed by atoms with Gasteiger partial charge >= 0.3 is 0 Å². The number of hydrogen-bond donors (Lipinski definition) is 0. The second kappa shape index (κ2) is 7.10. The van der Waals surface area contributed by atoms with Crippen molar-refractivity contribution in [3.63, 3.8) is 0 Å². The van der Waals surface area contributed by atoms with Gasteiger partial charge in [0.1, 0.15) is 17.2 Å². The van der Waals surface area contributed by atoms with E-state index in [1.54, 1.807) is 12.1 Å². The highest BCUT2D eigenvalue weighted by molar-refractivity contribution is 5.89. The van der Waals surface area contributed by atoms with Crippen molar-refractivity contribution < 1.29 is 9.13 Å². The first kappa shape index (κ1) is 18.4. The van der Waals surface area contributed by atoms with Crippen molar-refractivity contribution in [1.82, 2.24) is 9.78 Å². The van der Waals surface area contributed by atoms with Gasteiger partial charge in [-0.1, -0.05) is 13.0 Å². The van der Waals surface area contributed by atoms with Gasteiger partial charge in [-0.2, -0.15) is 5.10 Å². The van der Waals surface area contributed by atoms with Crippen molar-refractivity contribution in [2.75, 3.05) is 0 Å². The number of rotatable bonds is 5. The molecule has 138 valence electrons. The van der Waals surface area contributed by atoms with Crippen LogP contribution in [-0.4, -0.2) is 15.4 Å². The minimum absolute atomic E-state index is 0.226. The van der Waals surface area contributed by atoms with Crippen LogP contribution in [0.1, 0.15) is 44.6 Å². The third-order valence-corrected chi connectivity index (χ3v) is 4.41. The van der Waals surface area contributed by atoms with Gasteiger partial charge in [0.2, 0.25) is 0 Å². The van der Waals surface area contributed by atoms with Crippen LogP contribution in [0.25, 0.3) is 10.8 Å². The van der Waals surface area contributed by atoms with Gasteiger partial charge in [0.05, 0.1) is 5.69 Å². The summed E-state index contributed by atoms with van der Waals surface area (Å²) in [6.45, 7) is 8.19. The zero-order valence-corrected chi connectivity index (χ0v) is 16.3. The van der Waals surface area contributed by atoms with Crippen molar-refractivity contribution in [2.24, 2.45) is 7.05 Å². The summed E-state index contributed by atoms with van der Waals surface area (Å²) < 4.78 is 21.8. The number of fused-ring (bicyclic) bond motifs is 1. The van der Waals surface area contributed by atoms with Gasteiger partial charge in [-0.05, 0) is 81.3 Å². The van der Waals surface area contributed by atoms with E-state index in [4.69, 9.17) is 4.74 Å². The highest BCUT2D eigenvalue weighted by atomic mass is 19.1. The molecule has 0 atom stereocenters. The van der Waals surface area contributed by atoms with Crippen LogP contribution in [0, 0.1) is 5.82 Å². The van der Waals surface area contributed by atoms with E-state index in [-0.39, 0.29) is 11.4 Å². The van der Waals surface area contributed by atoms with Crippen LogP contribution in [0.15, 0.2) is 36.4 Å². The summed E-state index contributed by atoms with van der Waals surface area (Å²) in [5.41, 5.74) is 3.15. The lowest BCUT2D eigenvalue weighted by molar-refractivity contribution is 0.133. The number of ether oxygens (including phenoxy) is 1. The lowest BCUT2D eigenvalue weighted by Gasteiger charge is -2.23. The van der Waals surface area contributed by atoms with E-state index in [2.05, 4.69) is 30.2 Å². The molecular weight excluding hydrogens is 327 g/mol. The molecule has 1 aromatic heterocycles. The Morgan fingerprint density at radius 1 is 1.08 bits per heavy atom. The van der Waals surface area contributed by atoms with Crippen LogP contribution in [-0.2, 0) is 26.3 Å². The lowest BCUT2D eigenvalue weighted by Crippen LogP contribution is -2.23. The zero-order chi connectivity index (χ0) is 18.9. The maximum Gasteiger partial charge on any atom is 0.128 e. The number of aromatic nitrogens is 2. The highest BCUT2D eigenvalue weighted by Gasteiger charge is 2.15. The summed E-state index contributed by atoms with van der Waals surface area (Å²) in [6, 6.07) is 11.2. The minimum atomic E-state index is -0.308. The number of benzene rings is 2. The van der Waals surface area contributed by atoms with E-state index < -0.39 is 0 Å². The molecule has 1 heterocycles. The van der Waals surface area contributed by atoms with Crippen molar-refractivity contribution in [2.45, 2.75) is 52.6 Å². The van der Waals surface area contributed by atoms with Gasteiger partial charge in [-0.15, -0.1) is 0 Å². The first-order valence-corrected chi connectivity index (χ1v) is 9.18. The smallest absolute Gasteiger partial charge is 0.128 e. The summed E-state index contributed by atoms with van der Waals surface area (Å²) in [4.78, 5) is 0. The van der Waals surface area contributed by atoms with E-state index >= 15 is 0 Å². The molecule has 26 heavy (non-hydrogen) atoms. The van der Waals surface area contributed by atoms with Crippen molar-refractivity contribution in [1.29, 1.82) is 0 Å². The van der Waals surface area contributed by atoms with Crippen LogP contribution in [0.5, 0.6) is 5.75 Å². The molecule has 0 fully saturated rings. The summed E-state index contributed by atoms with van der Waals surface area (Å²) in [5, 5.41) is 6.33. The Hall–Kier alpha value is -2.36. The van der Waals surface area contributed by atoms with Crippen LogP contribution in [0.2, 0.25) is 0 Å². The Morgan fingerprint density at radius 3 is 2.50 bits per heavy atom. The number of aryl methyl sites for hydroxylation is 4. The third kappa shape index (κ3) is 4.24. The second-order valence-electron chi connectivity index (χ2n) is 7.78. The lowest BCUT2D eigenvalue weighted by atomic mass is 10.0. The molecule has 0 aliphatic heterocycles. The number of nitrogens with zero attached hydrogens (tertiary/aromatic N) is 2. The quantitative estimate of drug-likeness (QED) is 0.627. The molecule has 0 aliphatic carbocycles. The van der Waals surface area contributed by atoms with Gasteiger partial charge in [-0.25, -0.2) is 4.39 Å². The average molecular weight is 354 g/mol. The SMILES string of the molecule is CCc1cc(CCc2cc(OC(C)(C)C)c3ccc(F)cc3c2)n(C)n1. The first-order valence-electron chi connectivity index (χ1n) is 9.18. The third-order valence-electron chi connectivity index (χ3n) is 4.41. The molecule has 4 heteroatoms. The molecule has 3 rings (SSSR count). The molecule has 0 unspecified atom stereocenters. The normalized spacial score (nSPS) is 11.9. The van der Waals surface area contributed by atoms with Crippen molar-refractivity contribution >= 4 is 10.8 Å². The number of halogens is 1. The van der Waals surface area contributed by atoms with Gasteiger partial charge < -0.3 is 4.74 Å². The topological polar surface area (TPSA) is 27.1 Å². The first-order chi connectivity index (χ1) is 12.2. The largest absolute Gasteiger partial charge is 0.488 e. The van der Waals surface area contributed by atoms with Crippen molar-refractivity contribution in [3.8, 4) is 5.75 Å². The molecule has 0 spiro atoms. The molecular formula is C22H27FN2O. The predicted molar refractivity (Wildman–Crippen MR) is 104 cm³/mol. The van der Waals surface area contributed by atoms with Crippen LogP contribution in [0.4, 0.5) is 4.39 Å². The maximum absolute atomic E-state index is 13.7. The molecule has 0 N–H and O–H groups in total. The molecule has 0 saturated heterocycles. The standard InChI is InChI=1S/C22H27FN2O/c1-6-18-14-19(25(5)24-18)9-7-15-11-16-13-17(23)8-10-20(16)21(12-15)26-22(2,3)4/h8,10-14H,6-7,9H2,1-5H3. The predicted octanol–water partition coefficient (Wildman–Crippen LogP) is 5.24. The summed E-state index contributed by atoms with van der Waals surface area (Å²) in [5.74, 6) is 0.583. The van der Waals surface area contributed by atoms with E-state index in [1.807, 2.05) is 32.5 Å². The molecule has 0 aliphatic rings. The molecule has 0 radical (unpaired) electrons. The minimum Gasteiger partial charge on any atom is -0.488 e. The van der Waals surface area contributed by atoms with Gasteiger partial charge in [-0.3, -0.25) is 4.68 Å². The Labute approximate surface area is 154 Å². The molecule has 0 saturated carbocycles. The van der Waals surface area contributed by atoms with Crippen LogP contribution >= 0.6 is 0 Å². The fourth-order valence-corrected chi connectivity index (χ4v) is 3.17. The van der Waals surface area contributed by atoms with E-state index in [0.717, 1.165) is 47.0 Å². The molecule has 3 nitrogen and oxygen atoms in total. The molecule has 0 bridgehead atoms. The monoisotopic (exact) mass is 354 g/mol. The van der Waals surface area contributed by atoms with Gasteiger partial charge in [0.15, 0.2) is 0 Å². The molecule has 0 amide bonds. The fourth-order valence-electron chi connectivity index (χ4n) is 3.17. The van der Waals surface area contributed by atoms with Gasteiger partial charge in [0, 0.05) is 18.1 Å². The highest BCUT2D eigenvalue weighted by Crippen LogP contribution is 2.31. The maximum atomic E-state index is 13.7. The van der Waals surface area contributed by atoms with Crippen LogP contribution in [0.3, 0.4) is 0 Å². The van der Waals surface area contributed by atoms with Crippen molar-refractivity contribution in [3.05, 3.63) is 59.2 Å². The average Bonchev–Trinajstić information content (AvgIpc) is 2.91. The molecule has 3 aromatic rings. The number of hydrogen-bond acceptors (Lipinski definition) is 2. The fraction of sp³-hybridized carbons (Fsp3) is 0.409. The molecule has 2 aromatic carbocycles. The Kier molecular flexibility index (Phi) is 5.03. The summed E-state index contributed by atoms with van der Waals surface area (Å²) in [6.07, 6.45) is 2.68. The summed E-state index contributed by atoms with van der Waals surface area (Å²) in [7, 11) is 1.98. The van der Waals surface area contributed by atoms with Gasteiger partial charge in [0.25, 0.3) is 0 Å². The van der Waals surface area contributed by atoms with E-state index in [1.165, 1.54) is 11.8 Å². The second-order valence-corrected chi connectivity index (χ2v) is 7.78.